The van der Waals surface area contributed by atoms with Crippen molar-refractivity contribution in [3.8, 4) is 0 Å². The fourth-order valence-corrected chi connectivity index (χ4v) is 1.35. The Hall–Kier alpha value is -2.44. The quantitative estimate of drug-likeness (QED) is 0.796. The van der Waals surface area contributed by atoms with Gasteiger partial charge in [0.05, 0.1) is 13.2 Å². The summed E-state index contributed by atoms with van der Waals surface area (Å²) < 4.78 is 9.54. The van der Waals surface area contributed by atoms with Gasteiger partial charge in [0.15, 0.2) is 5.82 Å². The summed E-state index contributed by atoms with van der Waals surface area (Å²) in [6.07, 6.45) is 2.82. The predicted octanol–water partition coefficient (Wildman–Crippen LogP) is 1.25. The molecule has 0 aliphatic carbocycles. The van der Waals surface area contributed by atoms with Gasteiger partial charge in [-0.15, -0.1) is 0 Å². The maximum Gasteiger partial charge on any atom is 0.341 e. The second-order valence-electron chi connectivity index (χ2n) is 3.32. The Morgan fingerprint density at radius 1 is 1.50 bits per heavy atom. The number of aromatic nitrogens is 3. The molecule has 94 valence electrons. The first-order chi connectivity index (χ1) is 8.81. The van der Waals surface area contributed by atoms with Crippen LogP contribution in [-0.2, 0) is 11.3 Å². The molecule has 2 aromatic heterocycles. The molecular weight excluding hydrogens is 236 g/mol. The van der Waals surface area contributed by atoms with Crippen LogP contribution in [0.3, 0.4) is 0 Å². The van der Waals surface area contributed by atoms with E-state index in [9.17, 15) is 4.79 Å². The van der Waals surface area contributed by atoms with E-state index in [1.165, 1.54) is 6.39 Å². The van der Waals surface area contributed by atoms with E-state index in [4.69, 9.17) is 4.74 Å². The highest BCUT2D eigenvalue weighted by molar-refractivity contribution is 5.94. The monoisotopic (exact) mass is 248 g/mol. The van der Waals surface area contributed by atoms with Gasteiger partial charge in [-0.1, -0.05) is 5.16 Å². The first-order valence-electron chi connectivity index (χ1n) is 5.42. The fraction of sp³-hybridized carbons (Fsp3) is 0.273. The van der Waals surface area contributed by atoms with Crippen LogP contribution in [0.1, 0.15) is 23.1 Å². The van der Waals surface area contributed by atoms with Gasteiger partial charge in [-0.25, -0.2) is 9.78 Å². The molecule has 0 aliphatic heterocycles. The van der Waals surface area contributed by atoms with E-state index in [0.717, 1.165) is 0 Å². The number of hydrogen-bond donors (Lipinski definition) is 1. The predicted molar refractivity (Wildman–Crippen MR) is 61.8 cm³/mol. The van der Waals surface area contributed by atoms with Gasteiger partial charge in [0.25, 0.3) is 0 Å². The number of nitrogens with one attached hydrogen (secondary N) is 1. The van der Waals surface area contributed by atoms with Crippen LogP contribution in [0.4, 0.5) is 5.82 Å². The summed E-state index contributed by atoms with van der Waals surface area (Å²) >= 11 is 0. The van der Waals surface area contributed by atoms with Crippen LogP contribution in [0, 0.1) is 0 Å². The lowest BCUT2D eigenvalue weighted by molar-refractivity contribution is 0.0527. The Kier molecular flexibility index (Phi) is 3.85. The molecule has 0 spiro atoms. The molecule has 2 rings (SSSR count). The van der Waals surface area contributed by atoms with Gasteiger partial charge in [0.1, 0.15) is 11.4 Å². The van der Waals surface area contributed by atoms with Gasteiger partial charge >= 0.3 is 5.97 Å². The lowest BCUT2D eigenvalue weighted by Crippen LogP contribution is -2.11. The van der Waals surface area contributed by atoms with Crippen LogP contribution in [0.15, 0.2) is 29.2 Å². The molecule has 0 aromatic carbocycles. The average molecular weight is 248 g/mol. The van der Waals surface area contributed by atoms with Crippen molar-refractivity contribution >= 4 is 11.8 Å². The molecule has 0 unspecified atom stereocenters. The first kappa shape index (κ1) is 12.0. The van der Waals surface area contributed by atoms with E-state index in [-0.39, 0.29) is 0 Å². The maximum absolute atomic E-state index is 11.7. The van der Waals surface area contributed by atoms with Crippen molar-refractivity contribution in [1.82, 2.24) is 15.1 Å². The number of rotatable bonds is 5. The molecule has 18 heavy (non-hydrogen) atoms. The molecule has 2 aromatic rings. The van der Waals surface area contributed by atoms with E-state index in [1.54, 1.807) is 25.3 Å². The van der Waals surface area contributed by atoms with Gasteiger partial charge in [-0.2, -0.15) is 4.98 Å². The second-order valence-corrected chi connectivity index (χ2v) is 3.32. The van der Waals surface area contributed by atoms with Crippen LogP contribution in [0.5, 0.6) is 0 Å². The smallest absolute Gasteiger partial charge is 0.341 e. The molecule has 0 fully saturated rings. The van der Waals surface area contributed by atoms with Crippen molar-refractivity contribution in [3.63, 3.8) is 0 Å². The topological polar surface area (TPSA) is 90.1 Å². The summed E-state index contributed by atoms with van der Waals surface area (Å²) in [4.78, 5) is 19.6. The molecular formula is C11H12N4O3. The number of ether oxygens (including phenoxy) is 1. The van der Waals surface area contributed by atoms with Crippen molar-refractivity contribution in [2.24, 2.45) is 0 Å². The maximum atomic E-state index is 11.7. The van der Waals surface area contributed by atoms with E-state index in [0.29, 0.717) is 30.4 Å². The number of anilines is 1. The largest absolute Gasteiger partial charge is 0.462 e. The van der Waals surface area contributed by atoms with Gasteiger partial charge in [-0.3, -0.25) is 0 Å². The lowest BCUT2D eigenvalue weighted by atomic mass is 10.2. The average Bonchev–Trinajstić information content (AvgIpc) is 2.90. The van der Waals surface area contributed by atoms with Gasteiger partial charge in [-0.05, 0) is 19.1 Å². The van der Waals surface area contributed by atoms with E-state index in [1.807, 2.05) is 0 Å². The lowest BCUT2D eigenvalue weighted by Gasteiger charge is -2.08. The highest BCUT2D eigenvalue weighted by atomic mass is 16.5. The van der Waals surface area contributed by atoms with Gasteiger partial charge in [0.2, 0.25) is 6.39 Å². The van der Waals surface area contributed by atoms with Crippen molar-refractivity contribution < 1.29 is 14.1 Å². The SMILES string of the molecule is CCOC(=O)c1cccnc1NCc1ncon1. The third-order valence-corrected chi connectivity index (χ3v) is 2.12. The van der Waals surface area contributed by atoms with Crippen LogP contribution in [0.2, 0.25) is 0 Å². The molecule has 7 nitrogen and oxygen atoms in total. The Labute approximate surface area is 103 Å². The normalized spacial score (nSPS) is 10.1. The summed E-state index contributed by atoms with van der Waals surface area (Å²) in [5.74, 6) is 0.498. The van der Waals surface area contributed by atoms with E-state index >= 15 is 0 Å². The van der Waals surface area contributed by atoms with Crippen LogP contribution < -0.4 is 5.32 Å². The molecule has 0 radical (unpaired) electrons. The number of esters is 1. The molecule has 7 heteroatoms. The second kappa shape index (κ2) is 5.76. The zero-order chi connectivity index (χ0) is 12.8. The summed E-state index contributed by atoms with van der Waals surface area (Å²) in [5, 5.41) is 6.61. The molecule has 0 aliphatic rings. The van der Waals surface area contributed by atoms with Crippen molar-refractivity contribution in [1.29, 1.82) is 0 Å². The summed E-state index contributed by atoms with van der Waals surface area (Å²) in [5.41, 5.74) is 0.378. The van der Waals surface area contributed by atoms with Gasteiger partial charge in [0, 0.05) is 6.20 Å². The molecule has 1 N–H and O–H groups in total. The third-order valence-electron chi connectivity index (χ3n) is 2.12. The van der Waals surface area contributed by atoms with Crippen LogP contribution in [0.25, 0.3) is 0 Å². The third kappa shape index (κ3) is 2.82. The molecule has 0 saturated heterocycles. The fourth-order valence-electron chi connectivity index (χ4n) is 1.35. The Morgan fingerprint density at radius 2 is 2.39 bits per heavy atom. The minimum absolute atomic E-state index is 0.317. The summed E-state index contributed by atoms with van der Waals surface area (Å²) in [6.45, 7) is 2.39. The first-order valence-corrected chi connectivity index (χ1v) is 5.42. The number of pyridine rings is 1. The minimum atomic E-state index is -0.416. The molecule has 2 heterocycles. The molecule has 0 amide bonds. The highest BCUT2D eigenvalue weighted by Crippen LogP contribution is 2.13. The standard InChI is InChI=1S/C11H12N4O3/c1-2-17-11(16)8-4-3-5-12-10(8)13-6-9-14-7-18-15-9/h3-5,7H,2,6H2,1H3,(H,12,13). The van der Waals surface area contributed by atoms with Crippen LogP contribution >= 0.6 is 0 Å². The van der Waals surface area contributed by atoms with Crippen molar-refractivity contribution in [2.75, 3.05) is 11.9 Å². The number of nitrogens with zero attached hydrogens (tertiary/aromatic N) is 3. The van der Waals surface area contributed by atoms with E-state index in [2.05, 4.69) is 25.0 Å². The zero-order valence-electron chi connectivity index (χ0n) is 9.79. The molecule has 0 saturated carbocycles. The van der Waals surface area contributed by atoms with Crippen molar-refractivity contribution in [3.05, 3.63) is 36.1 Å². The van der Waals surface area contributed by atoms with E-state index < -0.39 is 5.97 Å². The van der Waals surface area contributed by atoms with Gasteiger partial charge < -0.3 is 14.6 Å². The summed E-state index contributed by atoms with van der Waals surface area (Å²) in [7, 11) is 0. The Bertz CT molecular complexity index is 513. The highest BCUT2D eigenvalue weighted by Gasteiger charge is 2.13. The summed E-state index contributed by atoms with van der Waals surface area (Å²) in [6, 6.07) is 3.31. The van der Waals surface area contributed by atoms with Crippen LogP contribution in [-0.4, -0.2) is 27.7 Å². The van der Waals surface area contributed by atoms with Crippen molar-refractivity contribution in [2.45, 2.75) is 13.5 Å². The zero-order valence-corrected chi connectivity index (χ0v) is 9.79. The number of carbonyl (C=O) groups is 1. The molecule has 0 bridgehead atoms. The Morgan fingerprint density at radius 3 is 3.11 bits per heavy atom. The molecule has 0 atom stereocenters. The Balaban J connectivity index is 2.09. The minimum Gasteiger partial charge on any atom is -0.462 e. The number of carbonyl (C=O) groups excluding carboxylic acids is 1. The number of hydrogen-bond acceptors (Lipinski definition) is 7.